The van der Waals surface area contributed by atoms with Crippen LogP contribution in [0.2, 0.25) is 0 Å². The molecule has 0 aromatic heterocycles. The molecule has 8 aromatic rings. The summed E-state index contributed by atoms with van der Waals surface area (Å²) < 4.78 is 27.8. The van der Waals surface area contributed by atoms with Gasteiger partial charge in [-0.05, 0) is 129 Å². The summed E-state index contributed by atoms with van der Waals surface area (Å²) in [5.74, 6) is 0.977. The van der Waals surface area contributed by atoms with E-state index in [1.165, 1.54) is 22.3 Å². The predicted octanol–water partition coefficient (Wildman–Crippen LogP) is 12.3. The highest BCUT2D eigenvalue weighted by molar-refractivity contribution is 7.48. The van der Waals surface area contributed by atoms with Crippen molar-refractivity contribution in [2.45, 2.75) is 44.9 Å². The molecule has 0 unspecified atom stereocenters. The highest BCUT2D eigenvalue weighted by Gasteiger charge is 2.53. The molecule has 1 heterocycles. The van der Waals surface area contributed by atoms with Crippen LogP contribution in [0.3, 0.4) is 0 Å². The van der Waals surface area contributed by atoms with Gasteiger partial charge in [-0.3, -0.25) is 4.89 Å². The van der Waals surface area contributed by atoms with E-state index in [9.17, 15) is 9.46 Å². The fraction of sp³-hybridized carbons (Fsp3) is 0.149. The number of phosphoric acid groups is 1. The number of hydrogen-bond acceptors (Lipinski definition) is 3. The maximum absolute atomic E-state index is 14.7. The summed E-state index contributed by atoms with van der Waals surface area (Å²) >= 11 is 0. The lowest BCUT2D eigenvalue weighted by molar-refractivity contribution is 0.281. The lowest BCUT2D eigenvalue weighted by Gasteiger charge is -2.35. The highest BCUT2D eigenvalue weighted by atomic mass is 31.2. The van der Waals surface area contributed by atoms with E-state index in [0.717, 1.165) is 102 Å². The Morgan fingerprint density at radius 3 is 1.25 bits per heavy atom. The maximum atomic E-state index is 14.7. The maximum Gasteiger partial charge on any atom is 0.584 e. The topological polar surface area (TPSA) is 55.8 Å². The van der Waals surface area contributed by atoms with Crippen molar-refractivity contribution in [1.82, 2.24) is 0 Å². The Morgan fingerprint density at radius 1 is 0.538 bits per heavy atom. The first-order chi connectivity index (χ1) is 25.3. The van der Waals surface area contributed by atoms with Crippen LogP contribution >= 0.6 is 7.82 Å². The van der Waals surface area contributed by atoms with E-state index in [-0.39, 0.29) is 0 Å². The zero-order chi connectivity index (χ0) is 34.9. The summed E-state index contributed by atoms with van der Waals surface area (Å²) in [4.78, 5) is 12.0. The van der Waals surface area contributed by atoms with Crippen LogP contribution in [-0.2, 0) is 22.8 Å². The smallest absolute Gasteiger partial charge is 0.394 e. The minimum Gasteiger partial charge on any atom is -0.394 e. The molecule has 1 aliphatic heterocycles. The largest absolute Gasteiger partial charge is 0.584 e. The number of phosphoric ester groups is 1. The van der Waals surface area contributed by atoms with Crippen LogP contribution in [0, 0.1) is 13.8 Å². The van der Waals surface area contributed by atoms with Crippen molar-refractivity contribution in [3.63, 3.8) is 0 Å². The van der Waals surface area contributed by atoms with Crippen LogP contribution in [0.15, 0.2) is 121 Å². The van der Waals surface area contributed by atoms with Gasteiger partial charge in [-0.2, -0.15) is 0 Å². The van der Waals surface area contributed by atoms with Crippen molar-refractivity contribution in [2.75, 3.05) is 0 Å². The van der Waals surface area contributed by atoms with E-state index in [4.69, 9.17) is 9.05 Å². The molecular weight excluding hydrogens is 659 g/mol. The zero-order valence-electron chi connectivity index (χ0n) is 29.0. The summed E-state index contributed by atoms with van der Waals surface area (Å²) in [6, 6.07) is 42.4. The average molecular weight is 695 g/mol. The third-order valence-electron chi connectivity index (χ3n) is 12.3. The van der Waals surface area contributed by atoms with Crippen LogP contribution < -0.4 is 9.05 Å². The van der Waals surface area contributed by atoms with Crippen molar-refractivity contribution in [2.24, 2.45) is 0 Å². The highest BCUT2D eigenvalue weighted by Crippen LogP contribution is 2.67. The Bertz CT molecular complexity index is 2640. The van der Waals surface area contributed by atoms with Crippen molar-refractivity contribution in [3.05, 3.63) is 155 Å². The van der Waals surface area contributed by atoms with Gasteiger partial charge < -0.3 is 9.05 Å². The van der Waals surface area contributed by atoms with Gasteiger partial charge >= 0.3 is 7.82 Å². The molecule has 252 valence electrons. The molecular formula is C47H35O4P. The zero-order valence-corrected chi connectivity index (χ0v) is 29.9. The number of hydrogen-bond donors (Lipinski definition) is 1. The fourth-order valence-corrected chi connectivity index (χ4v) is 11.1. The van der Waals surface area contributed by atoms with Crippen LogP contribution in [0.5, 0.6) is 11.5 Å². The molecule has 11 rings (SSSR count). The first kappa shape index (κ1) is 30.2. The number of rotatable bonds is 2. The molecule has 0 radical (unpaired) electrons. The first-order valence-electron chi connectivity index (χ1n) is 18.2. The average Bonchev–Trinajstić information content (AvgIpc) is 3.73. The van der Waals surface area contributed by atoms with E-state index in [2.05, 4.69) is 135 Å². The number of aryl methyl sites for hydroxylation is 2. The van der Waals surface area contributed by atoms with Gasteiger partial charge in [-0.15, -0.1) is 0 Å². The first-order valence-corrected chi connectivity index (χ1v) is 19.7. The molecule has 1 N–H and O–H groups in total. The van der Waals surface area contributed by atoms with Crippen molar-refractivity contribution in [3.8, 4) is 33.8 Å². The summed E-state index contributed by atoms with van der Waals surface area (Å²) in [6.07, 6.45) is 3.50. The van der Waals surface area contributed by atoms with Crippen LogP contribution in [0.25, 0.3) is 65.3 Å². The molecule has 4 nitrogen and oxygen atoms in total. The Kier molecular flexibility index (Phi) is 6.15. The standard InChI is InChI=1S/C47H35O4P/c1-27-23-39(41-35-15-7-3-11-29(35)25-30-12-4-8-16-36(30)41)45-43-33(27)19-21-47(43)22-20-34-28(2)24-40(46(44(34)47)51-52(48,49)50-45)42-37-17-9-5-13-31(37)26-32-14-6-10-18-38(32)42/h3-18,23-26H,19-22H2,1-2H3,(H,48,49). The Labute approximate surface area is 301 Å². The van der Waals surface area contributed by atoms with E-state index in [1.807, 2.05) is 0 Å². The molecule has 0 bridgehead atoms. The molecule has 0 saturated heterocycles. The van der Waals surface area contributed by atoms with Crippen LogP contribution in [0.4, 0.5) is 0 Å². The van der Waals surface area contributed by atoms with Crippen LogP contribution in [0.1, 0.15) is 46.2 Å². The van der Waals surface area contributed by atoms with E-state index in [0.29, 0.717) is 11.5 Å². The van der Waals surface area contributed by atoms with Gasteiger partial charge in [0, 0.05) is 38.8 Å². The van der Waals surface area contributed by atoms with Gasteiger partial charge in [-0.25, -0.2) is 4.57 Å². The Balaban J connectivity index is 1.28. The molecule has 0 saturated carbocycles. The second-order valence-electron chi connectivity index (χ2n) is 15.0. The van der Waals surface area contributed by atoms with Gasteiger partial charge in [-0.1, -0.05) is 97.1 Å². The van der Waals surface area contributed by atoms with Crippen molar-refractivity contribution < 1.29 is 18.5 Å². The normalized spacial score (nSPS) is 16.4. The molecule has 8 aromatic carbocycles. The number of benzene rings is 8. The predicted molar refractivity (Wildman–Crippen MR) is 212 cm³/mol. The molecule has 2 aliphatic carbocycles. The second kappa shape index (κ2) is 10.6. The molecule has 52 heavy (non-hydrogen) atoms. The third kappa shape index (κ3) is 4.05. The number of fused-ring (bicyclic) bond motifs is 4. The Hall–Kier alpha value is -5.41. The minimum atomic E-state index is -4.73. The van der Waals surface area contributed by atoms with Gasteiger partial charge in [0.2, 0.25) is 0 Å². The molecule has 0 amide bonds. The van der Waals surface area contributed by atoms with Gasteiger partial charge in [0.1, 0.15) is 11.5 Å². The SMILES string of the molecule is Cc1cc(-c2c3ccccc3cc3ccccc23)c2c3c1CCC31CCc3c(C)cc(-c4c5ccccc5cc5ccccc45)c(c31)OP(=O)(O)O2. The molecule has 0 fully saturated rings. The van der Waals surface area contributed by atoms with E-state index >= 15 is 0 Å². The lowest BCUT2D eigenvalue weighted by atomic mass is 9.73. The van der Waals surface area contributed by atoms with Gasteiger partial charge in [0.05, 0.1) is 0 Å². The summed E-state index contributed by atoms with van der Waals surface area (Å²) in [5.41, 5.74) is 10.2. The third-order valence-corrected chi connectivity index (χ3v) is 13.1. The molecule has 0 atom stereocenters. The molecule has 3 aliphatic rings. The fourth-order valence-electron chi connectivity index (χ4n) is 10.2. The minimum absolute atomic E-state index is 0.432. The quantitative estimate of drug-likeness (QED) is 0.145. The summed E-state index contributed by atoms with van der Waals surface area (Å²) in [7, 11) is -4.73. The van der Waals surface area contributed by atoms with Crippen molar-refractivity contribution >= 4 is 50.9 Å². The van der Waals surface area contributed by atoms with E-state index < -0.39 is 13.2 Å². The monoisotopic (exact) mass is 694 g/mol. The van der Waals surface area contributed by atoms with Crippen molar-refractivity contribution in [1.29, 1.82) is 0 Å². The Morgan fingerprint density at radius 2 is 0.885 bits per heavy atom. The van der Waals surface area contributed by atoms with Gasteiger partial charge in [0.15, 0.2) is 0 Å². The molecule has 1 spiro atoms. The summed E-state index contributed by atoms with van der Waals surface area (Å²) in [5, 5.41) is 8.77. The molecule has 5 heteroatoms. The second-order valence-corrected chi connectivity index (χ2v) is 16.3. The summed E-state index contributed by atoms with van der Waals surface area (Å²) in [6.45, 7) is 4.39. The van der Waals surface area contributed by atoms with Crippen LogP contribution in [-0.4, -0.2) is 4.89 Å². The van der Waals surface area contributed by atoms with E-state index in [1.54, 1.807) is 0 Å². The van der Waals surface area contributed by atoms with Gasteiger partial charge in [0.25, 0.3) is 0 Å². The lowest BCUT2D eigenvalue weighted by Crippen LogP contribution is -2.26.